The molecule has 0 aliphatic rings. The van der Waals surface area contributed by atoms with Crippen molar-refractivity contribution in [3.8, 4) is 5.69 Å². The number of nitrogens with one attached hydrogen (secondary N) is 1. The molecule has 1 aromatic heterocycles. The molecule has 3 rings (SSSR count). The van der Waals surface area contributed by atoms with E-state index in [-0.39, 0.29) is 17.9 Å². The molecule has 0 saturated heterocycles. The third-order valence-electron chi connectivity index (χ3n) is 3.18. The number of hydrogen-bond donors (Lipinski definition) is 1. The molecule has 9 heteroatoms. The first-order chi connectivity index (χ1) is 11.5. The van der Waals surface area contributed by atoms with Gasteiger partial charge in [0.15, 0.2) is 17.5 Å². The number of nitrogens with zero attached hydrogens (tertiary/aromatic N) is 4. The highest BCUT2D eigenvalue weighted by Crippen LogP contribution is 2.11. The van der Waals surface area contributed by atoms with E-state index in [0.29, 0.717) is 5.69 Å². The van der Waals surface area contributed by atoms with Gasteiger partial charge in [-0.2, -0.15) is 4.68 Å². The topological polar surface area (TPSA) is 72.7 Å². The molecule has 0 bridgehead atoms. The van der Waals surface area contributed by atoms with Crippen molar-refractivity contribution in [1.29, 1.82) is 0 Å². The fourth-order valence-corrected chi connectivity index (χ4v) is 2.02. The Labute approximate surface area is 133 Å². The van der Waals surface area contributed by atoms with Crippen molar-refractivity contribution >= 4 is 5.91 Å². The van der Waals surface area contributed by atoms with Gasteiger partial charge < -0.3 is 5.32 Å². The Hall–Kier alpha value is -3.23. The van der Waals surface area contributed by atoms with Gasteiger partial charge in [0.25, 0.3) is 5.91 Å². The molecule has 0 unspecified atom stereocenters. The number of benzene rings is 2. The predicted octanol–water partition coefficient (Wildman–Crippen LogP) is 2.01. The van der Waals surface area contributed by atoms with Crippen molar-refractivity contribution in [1.82, 2.24) is 25.5 Å². The Balaban J connectivity index is 1.75. The Morgan fingerprint density at radius 2 is 1.92 bits per heavy atom. The average molecular weight is 333 g/mol. The molecule has 122 valence electrons. The second-order valence-corrected chi connectivity index (χ2v) is 4.80. The maximum Gasteiger partial charge on any atom is 0.251 e. The molecule has 0 radical (unpaired) electrons. The number of amides is 1. The number of aromatic nitrogens is 4. The zero-order valence-corrected chi connectivity index (χ0v) is 12.1. The highest BCUT2D eigenvalue weighted by atomic mass is 19.2. The number of halogens is 3. The molecule has 0 saturated carbocycles. The predicted molar refractivity (Wildman–Crippen MR) is 76.6 cm³/mol. The molecule has 3 aromatic rings. The molecular weight excluding hydrogens is 323 g/mol. The third-order valence-corrected chi connectivity index (χ3v) is 3.18. The van der Waals surface area contributed by atoms with E-state index in [4.69, 9.17) is 0 Å². The number of tetrazole rings is 1. The first-order valence-corrected chi connectivity index (χ1v) is 6.81. The monoisotopic (exact) mass is 333 g/mol. The summed E-state index contributed by atoms with van der Waals surface area (Å²) < 4.78 is 40.6. The summed E-state index contributed by atoms with van der Waals surface area (Å²) in [5.74, 6) is -2.99. The molecule has 2 aromatic carbocycles. The van der Waals surface area contributed by atoms with Crippen LogP contribution in [0.1, 0.15) is 16.2 Å². The van der Waals surface area contributed by atoms with E-state index in [0.717, 1.165) is 18.2 Å². The lowest BCUT2D eigenvalue weighted by molar-refractivity contribution is 0.0949. The Kier molecular flexibility index (Phi) is 4.23. The van der Waals surface area contributed by atoms with E-state index < -0.39 is 23.4 Å². The molecular formula is C15H10F3N5O. The number of carbonyl (C=O) groups is 1. The minimum Gasteiger partial charge on any atom is -0.345 e. The van der Waals surface area contributed by atoms with Crippen LogP contribution in [-0.2, 0) is 6.54 Å². The van der Waals surface area contributed by atoms with Crippen molar-refractivity contribution in [2.75, 3.05) is 0 Å². The summed E-state index contributed by atoms with van der Waals surface area (Å²) in [6.45, 7) is -0.0820. The van der Waals surface area contributed by atoms with Crippen LogP contribution >= 0.6 is 0 Å². The molecule has 0 aliphatic carbocycles. The smallest absolute Gasteiger partial charge is 0.251 e. The minimum atomic E-state index is -1.12. The van der Waals surface area contributed by atoms with Crippen LogP contribution in [0.25, 0.3) is 5.69 Å². The fourth-order valence-electron chi connectivity index (χ4n) is 2.02. The quantitative estimate of drug-likeness (QED) is 0.793. The lowest BCUT2D eigenvalue weighted by atomic mass is 10.2. The van der Waals surface area contributed by atoms with Crippen LogP contribution in [0, 0.1) is 17.5 Å². The van der Waals surface area contributed by atoms with Gasteiger partial charge in [0.05, 0.1) is 12.2 Å². The highest BCUT2D eigenvalue weighted by Gasteiger charge is 2.13. The van der Waals surface area contributed by atoms with E-state index in [1.165, 1.54) is 22.9 Å². The maximum atomic E-state index is 13.3. The van der Waals surface area contributed by atoms with Gasteiger partial charge in [-0.1, -0.05) is 6.07 Å². The lowest BCUT2D eigenvalue weighted by Crippen LogP contribution is -2.25. The molecule has 1 heterocycles. The van der Waals surface area contributed by atoms with Gasteiger partial charge in [-0.15, -0.1) is 5.10 Å². The van der Waals surface area contributed by atoms with E-state index in [2.05, 4.69) is 20.8 Å². The van der Waals surface area contributed by atoms with Crippen LogP contribution in [0.15, 0.2) is 42.5 Å². The molecule has 0 aliphatic heterocycles. The van der Waals surface area contributed by atoms with Gasteiger partial charge in [0.2, 0.25) is 0 Å². The summed E-state index contributed by atoms with van der Waals surface area (Å²) in [5.41, 5.74) is 0.343. The second kappa shape index (κ2) is 6.49. The standard InChI is InChI=1S/C15H10F3N5O/c16-10-2-1-3-11(7-10)23-14(20-21-22-23)8-19-15(24)9-4-5-12(17)13(18)6-9/h1-7H,8H2,(H,19,24). The Morgan fingerprint density at radius 3 is 2.67 bits per heavy atom. The first-order valence-electron chi connectivity index (χ1n) is 6.81. The molecule has 24 heavy (non-hydrogen) atoms. The van der Waals surface area contributed by atoms with Gasteiger partial charge >= 0.3 is 0 Å². The van der Waals surface area contributed by atoms with E-state index in [1.807, 2.05) is 0 Å². The Bertz CT molecular complexity index is 896. The van der Waals surface area contributed by atoms with Gasteiger partial charge in [-0.25, -0.2) is 13.2 Å². The molecule has 0 fully saturated rings. The second-order valence-electron chi connectivity index (χ2n) is 4.80. The zero-order chi connectivity index (χ0) is 17.1. The van der Waals surface area contributed by atoms with Crippen molar-refractivity contribution in [3.63, 3.8) is 0 Å². The largest absolute Gasteiger partial charge is 0.345 e. The van der Waals surface area contributed by atoms with Gasteiger partial charge in [0, 0.05) is 5.56 Å². The van der Waals surface area contributed by atoms with Gasteiger partial charge in [-0.05, 0) is 46.8 Å². The summed E-state index contributed by atoms with van der Waals surface area (Å²) in [5, 5.41) is 13.5. The molecule has 6 nitrogen and oxygen atoms in total. The number of carbonyl (C=O) groups excluding carboxylic acids is 1. The van der Waals surface area contributed by atoms with E-state index in [1.54, 1.807) is 6.07 Å². The Morgan fingerprint density at radius 1 is 1.08 bits per heavy atom. The van der Waals surface area contributed by atoms with Crippen molar-refractivity contribution in [2.45, 2.75) is 6.54 Å². The zero-order valence-electron chi connectivity index (χ0n) is 12.1. The third kappa shape index (κ3) is 3.24. The average Bonchev–Trinajstić information content (AvgIpc) is 3.03. The lowest BCUT2D eigenvalue weighted by Gasteiger charge is -2.07. The summed E-state index contributed by atoms with van der Waals surface area (Å²) in [6.07, 6.45) is 0. The SMILES string of the molecule is O=C(NCc1nnnn1-c1cccc(F)c1)c1ccc(F)c(F)c1. The van der Waals surface area contributed by atoms with E-state index in [9.17, 15) is 18.0 Å². The van der Waals surface area contributed by atoms with Crippen LogP contribution in [0.5, 0.6) is 0 Å². The normalized spacial score (nSPS) is 10.6. The summed E-state index contributed by atoms with van der Waals surface area (Å²) in [4.78, 5) is 12.0. The maximum absolute atomic E-state index is 13.3. The summed E-state index contributed by atoms with van der Waals surface area (Å²) in [6, 6.07) is 8.41. The van der Waals surface area contributed by atoms with Crippen LogP contribution in [-0.4, -0.2) is 26.1 Å². The van der Waals surface area contributed by atoms with Gasteiger partial charge in [-0.3, -0.25) is 4.79 Å². The minimum absolute atomic E-state index is 0.0429. The van der Waals surface area contributed by atoms with Crippen molar-refractivity contribution in [3.05, 3.63) is 71.3 Å². The van der Waals surface area contributed by atoms with E-state index >= 15 is 0 Å². The highest BCUT2D eigenvalue weighted by molar-refractivity contribution is 5.94. The van der Waals surface area contributed by atoms with Crippen LogP contribution in [0.4, 0.5) is 13.2 Å². The van der Waals surface area contributed by atoms with Crippen LogP contribution < -0.4 is 5.32 Å². The van der Waals surface area contributed by atoms with Crippen molar-refractivity contribution in [2.24, 2.45) is 0 Å². The fraction of sp³-hybridized carbons (Fsp3) is 0.0667. The summed E-state index contributed by atoms with van der Waals surface area (Å²) in [7, 11) is 0. The molecule has 0 spiro atoms. The number of rotatable bonds is 4. The van der Waals surface area contributed by atoms with Crippen LogP contribution in [0.3, 0.4) is 0 Å². The molecule has 0 atom stereocenters. The van der Waals surface area contributed by atoms with Crippen molar-refractivity contribution < 1.29 is 18.0 Å². The first kappa shape index (κ1) is 15.7. The molecule has 1 amide bonds. The summed E-state index contributed by atoms with van der Waals surface area (Å²) >= 11 is 0. The molecule has 1 N–H and O–H groups in total. The van der Waals surface area contributed by atoms with Crippen LogP contribution in [0.2, 0.25) is 0 Å². The van der Waals surface area contributed by atoms with Gasteiger partial charge in [0.1, 0.15) is 5.82 Å². The number of hydrogen-bond acceptors (Lipinski definition) is 4.